The predicted octanol–water partition coefficient (Wildman–Crippen LogP) is 10.9. The highest BCUT2D eigenvalue weighted by Gasteiger charge is 2.48. The van der Waals surface area contributed by atoms with Gasteiger partial charge in [-0.05, 0) is 155 Å². The molecule has 0 saturated heterocycles. The molecule has 53 heteroatoms. The highest BCUT2D eigenvalue weighted by Crippen LogP contribution is 2.46. The van der Waals surface area contributed by atoms with Gasteiger partial charge in [0.2, 0.25) is 85.9 Å². The number of aromatic amines is 1. The van der Waals surface area contributed by atoms with Crippen molar-refractivity contribution < 1.29 is 74.0 Å². The van der Waals surface area contributed by atoms with E-state index in [0.717, 1.165) is 90.0 Å². The summed E-state index contributed by atoms with van der Waals surface area (Å²) in [5.74, 6) is -4.94. The van der Waals surface area contributed by atoms with Gasteiger partial charge in [0.05, 0.1) is 79.3 Å². The van der Waals surface area contributed by atoms with Gasteiger partial charge >= 0.3 is 0 Å². The van der Waals surface area contributed by atoms with E-state index in [0.29, 0.717) is 36.7 Å². The number of amides is 3. The van der Waals surface area contributed by atoms with Crippen LogP contribution in [0.3, 0.4) is 0 Å². The molecule has 13 heterocycles. The lowest BCUT2D eigenvalue weighted by Crippen LogP contribution is -2.50. The maximum Gasteiger partial charge on any atom is 0.266 e. The molecule has 5 aliphatic heterocycles. The van der Waals surface area contributed by atoms with E-state index in [4.69, 9.17) is 75.1 Å². The Hall–Kier alpha value is -11.9. The van der Waals surface area contributed by atoms with Crippen LogP contribution >= 0.6 is 80.4 Å². The van der Waals surface area contributed by atoms with E-state index in [2.05, 4.69) is 71.1 Å². The summed E-state index contributed by atoms with van der Waals surface area (Å²) >= 11 is 27.8. The summed E-state index contributed by atoms with van der Waals surface area (Å²) in [6.07, 6.45) is 2.64. The zero-order valence-corrected chi connectivity index (χ0v) is 81.6. The van der Waals surface area contributed by atoms with E-state index in [9.17, 15) is 74.0 Å². The highest BCUT2D eigenvalue weighted by atomic mass is 35.5. The molecule has 8 aromatic heterocycles. The van der Waals surface area contributed by atoms with Gasteiger partial charge in [0.15, 0.2) is 0 Å². The summed E-state index contributed by atoms with van der Waals surface area (Å²) in [7, 11) is -11.7. The van der Waals surface area contributed by atoms with Crippen LogP contribution < -0.4 is 49.9 Å². The number of aromatic nitrogens is 5. The molecule has 0 radical (unpaired) electrons. The number of carbonyl (C=O) groups is 3. The third-order valence-electron chi connectivity index (χ3n) is 21.0. The van der Waals surface area contributed by atoms with Gasteiger partial charge in [-0.25, -0.2) is 122 Å². The molecule has 3 amide bonds. The number of aliphatic imine (C=N–C) groups is 5. The molecule has 134 heavy (non-hydrogen) atoms. The smallest absolute Gasteiger partial charge is 0.266 e. The van der Waals surface area contributed by atoms with Gasteiger partial charge in [0, 0.05) is 75.7 Å². The number of nitrogens with one attached hydrogen (secondary N) is 5. The summed E-state index contributed by atoms with van der Waals surface area (Å²) in [6.45, 7) is 8.22. The summed E-state index contributed by atoms with van der Waals surface area (Å²) in [5, 5.41) is 12.7. The van der Waals surface area contributed by atoms with Crippen molar-refractivity contribution in [1.29, 1.82) is 0 Å². The number of fused-ring (bicyclic) bond motifs is 1. The maximum atomic E-state index is 14.7. The van der Waals surface area contributed by atoms with Gasteiger partial charge in [-0.3, -0.25) is 14.4 Å². The Labute approximate surface area is 799 Å². The number of para-hydroxylation sites is 1. The molecular formula is C81H84Cl4F4N24O13S8. The van der Waals surface area contributed by atoms with E-state index >= 15 is 0 Å². The molecule has 11 aromatic rings. The highest BCUT2D eigenvalue weighted by molar-refractivity contribution is 7.91. The first-order valence-electron chi connectivity index (χ1n) is 39.1. The predicted molar refractivity (Wildman–Crippen MR) is 514 cm³/mol. The zero-order chi connectivity index (χ0) is 98.3. The number of anilines is 4. The number of pyridine rings is 4. The quantitative estimate of drug-likeness (QED) is 0.0337. The minimum Gasteiger partial charge on any atom is -0.369 e. The van der Waals surface area contributed by atoms with Gasteiger partial charge in [-0.1, -0.05) is 88.9 Å². The van der Waals surface area contributed by atoms with Crippen LogP contribution in [0.1, 0.15) is 95.0 Å². The average molecular weight is 2080 g/mol. The first-order chi connectivity index (χ1) is 62.5. The SMILES string of the molecule is CN1C(N)=N[C@](C)(c2cc(-c3cc4ccccc4[nH]3)ccc2F)CS1(=O)=O.CN1C(N)=N[C@](C)(c2cc(CNc3ccc(F)cn3)ccc2F)CS1(=O)=O.CN1C(N)=N[C@](C)(c2sc(C(=O)Nc3cccc(Cl)n3)cc2Cl)CS1(=O)=O.CN1C(N)=N[C@](C)(c2sc(C(=O)Nc3cccc(F)n3)cc2Cl)CS1(=O)=O.CN1C(N)=N[C@](C)(c2sc(C(=O)Nc3ccccn3)cc2Cl)CS1(=O)=O. The fourth-order valence-corrected chi connectivity index (χ4v) is 26.2. The van der Waals surface area contributed by atoms with Gasteiger partial charge in [0.1, 0.15) is 73.6 Å². The van der Waals surface area contributed by atoms with Crippen molar-refractivity contribution in [3.63, 3.8) is 0 Å². The largest absolute Gasteiger partial charge is 0.369 e. The number of guanidine groups is 5. The Kier molecular flexibility index (Phi) is 29.3. The molecule has 0 fully saturated rings. The first kappa shape index (κ1) is 101. The lowest BCUT2D eigenvalue weighted by molar-refractivity contribution is 0.102. The number of nitrogens with two attached hydrogens (primary N) is 5. The third-order valence-corrected chi connectivity index (χ3v) is 36.4. The van der Waals surface area contributed by atoms with Crippen LogP contribution in [0.15, 0.2) is 189 Å². The number of halogens is 8. The monoisotopic (exact) mass is 2070 g/mol. The van der Waals surface area contributed by atoms with Gasteiger partial charge in [0.25, 0.3) is 17.7 Å². The topological polar surface area (TPSA) is 545 Å². The number of hydrogen-bond acceptors (Lipinski definition) is 31. The second kappa shape index (κ2) is 38.8. The van der Waals surface area contributed by atoms with Gasteiger partial charge < -0.3 is 54.9 Å². The first-order valence-corrected chi connectivity index (χ1v) is 51.1. The van der Waals surface area contributed by atoms with Gasteiger partial charge in [-0.2, -0.15) is 4.39 Å². The minimum atomic E-state index is -3.71. The van der Waals surface area contributed by atoms with Crippen molar-refractivity contribution in [1.82, 2.24) is 46.4 Å². The number of sulfonamides is 5. The summed E-state index contributed by atoms with van der Waals surface area (Å²) in [4.78, 5) is 79.6. The standard InChI is InChI=1S/C19H19FN4O2S.C17H19F2N5O2S.C15H15Cl2N5O3S2.C15H15ClFN5O3S2.C15H16ClN5O3S2/c1-19(11-27(25,26)24(2)18(21)23-19)14-9-13(7-8-15(14)20)17-10-12-5-3-4-6-16(12)22-17;1-17(10-27(25,26)24(2)16(20)23-17)13-7-11(3-5-14(13)19)8-21-15-6-4-12(18)9-22-15;2*1-15(7-27(24,25)22(2)14(18)21-15)12-8(16)6-9(26-12)13(23)20-11-5-3-4-10(17)19-11;1-15(8-26(23,24)21(2)14(17)20-15)12-9(16)7-10(25-12)13(22)19-11-5-3-4-6-18-11/h3-10,22H,11H2,1-2H3,(H2,21,23);3-7,9H,8,10H2,1-2H3,(H2,20,23)(H,21,22);2*3-6H,7H2,1-2H3,(H2,18,21)(H,19,20,23);3-7H,8H2,1-2H3,(H2,17,20)(H,18,19,22)/t19-;17-;3*15-/m00000/s1. The Morgan fingerprint density at radius 2 is 0.813 bits per heavy atom. The van der Waals surface area contributed by atoms with Crippen LogP contribution in [0.5, 0.6) is 0 Å². The normalized spacial score (nSPS) is 21.8. The van der Waals surface area contributed by atoms with E-state index < -0.39 is 125 Å². The summed E-state index contributed by atoms with van der Waals surface area (Å²) < 4.78 is 183. The van der Waals surface area contributed by atoms with Crippen LogP contribution in [-0.2, 0) is 84.4 Å². The molecule has 5 aliphatic rings. The van der Waals surface area contributed by atoms with Crippen molar-refractivity contribution in [2.45, 2.75) is 68.9 Å². The Morgan fingerprint density at radius 1 is 0.425 bits per heavy atom. The molecule has 5 atom stereocenters. The fourth-order valence-electron chi connectivity index (χ4n) is 13.9. The van der Waals surface area contributed by atoms with Gasteiger partial charge in [-0.15, -0.1) is 34.0 Å². The molecule has 0 unspecified atom stereocenters. The molecule has 37 nitrogen and oxygen atoms in total. The maximum absolute atomic E-state index is 14.7. The molecule has 710 valence electrons. The van der Waals surface area contributed by atoms with E-state index in [1.807, 2.05) is 30.3 Å². The molecule has 16 rings (SSSR count). The number of nitrogens with zero attached hydrogens (tertiary/aromatic N) is 14. The van der Waals surface area contributed by atoms with Crippen LogP contribution in [0.25, 0.3) is 22.2 Å². The number of carbonyl (C=O) groups excluding carboxylic acids is 3. The Balaban J connectivity index is 0.000000151. The second-order valence-corrected chi connectivity index (χ2v) is 46.2. The summed E-state index contributed by atoms with van der Waals surface area (Å²) in [5.41, 5.74) is 26.1. The average Bonchev–Trinajstić information content (AvgIpc) is 1.58. The second-order valence-electron chi connectivity index (χ2n) is 31.5. The molecule has 0 bridgehead atoms. The molecule has 15 N–H and O–H groups in total. The lowest BCUT2D eigenvalue weighted by atomic mass is 9.92. The Morgan fingerprint density at radius 3 is 1.22 bits per heavy atom. The molecular weight excluding hydrogens is 1990 g/mol. The minimum absolute atomic E-state index is 0.0430. The zero-order valence-electron chi connectivity index (χ0n) is 72.1. The molecule has 3 aromatic carbocycles. The molecule has 0 aliphatic carbocycles. The van der Waals surface area contributed by atoms with Crippen LogP contribution in [0.2, 0.25) is 20.2 Å². The number of benzene rings is 3. The van der Waals surface area contributed by atoms with E-state index in [1.165, 1.54) is 96.8 Å². The van der Waals surface area contributed by atoms with E-state index in [1.54, 1.807) is 94.6 Å². The lowest BCUT2D eigenvalue weighted by Gasteiger charge is -2.34. The number of hydrogen-bond donors (Lipinski definition) is 10. The third kappa shape index (κ3) is 22.5. The van der Waals surface area contributed by atoms with Crippen molar-refractivity contribution >= 4 is 212 Å². The van der Waals surface area contributed by atoms with Crippen LogP contribution in [0, 0.1) is 23.4 Å². The van der Waals surface area contributed by atoms with Crippen molar-refractivity contribution in [2.75, 3.05) is 85.3 Å². The van der Waals surface area contributed by atoms with Crippen LogP contribution in [0.4, 0.5) is 40.8 Å². The number of H-pyrrole nitrogens is 1. The van der Waals surface area contributed by atoms with E-state index in [-0.39, 0.29) is 112 Å². The number of thiophene rings is 3. The fraction of sp³-hybridized carbons (Fsp3) is 0.259. The van der Waals surface area contributed by atoms with Crippen LogP contribution in [-0.4, -0.2) is 200 Å². The van der Waals surface area contributed by atoms with Crippen molar-refractivity contribution in [2.24, 2.45) is 53.6 Å². The number of rotatable bonds is 15. The van der Waals surface area contributed by atoms with Crippen molar-refractivity contribution in [3.05, 3.63) is 254 Å². The van der Waals surface area contributed by atoms with Crippen molar-refractivity contribution in [3.8, 4) is 11.3 Å². The summed E-state index contributed by atoms with van der Waals surface area (Å²) in [6, 6.07) is 39.8. The Bertz CT molecular complexity index is 7050. The molecule has 0 saturated carbocycles. The molecule has 0 spiro atoms.